The van der Waals surface area contributed by atoms with Crippen LogP contribution in [0.5, 0.6) is 0 Å². The van der Waals surface area contributed by atoms with E-state index < -0.39 is 77.9 Å². The Bertz CT molecular complexity index is 1430. The minimum Gasteiger partial charge on any atom is -0.456 e. The van der Waals surface area contributed by atoms with Crippen LogP contribution in [0.3, 0.4) is 0 Å². The van der Waals surface area contributed by atoms with Gasteiger partial charge in [-0.05, 0) is 100 Å². The summed E-state index contributed by atoms with van der Waals surface area (Å²) in [6.07, 6.45) is 3.70. The van der Waals surface area contributed by atoms with Crippen molar-refractivity contribution in [3.63, 3.8) is 0 Å². The van der Waals surface area contributed by atoms with E-state index in [1.165, 1.54) is 19.1 Å². The number of cyclic esters (lactones) is 1. The number of aliphatic hydroxyl groups excluding tert-OH is 2. The molecule has 3 fully saturated rings. The van der Waals surface area contributed by atoms with E-state index in [9.17, 15) is 34.5 Å². The summed E-state index contributed by atoms with van der Waals surface area (Å²) in [6, 6.07) is -1.13. The van der Waals surface area contributed by atoms with Crippen molar-refractivity contribution in [2.45, 2.75) is 167 Å². The normalized spacial score (nSPS) is 40.6. The van der Waals surface area contributed by atoms with Crippen molar-refractivity contribution in [3.05, 3.63) is 23.3 Å². The van der Waals surface area contributed by atoms with E-state index in [4.69, 9.17) is 23.7 Å². The van der Waals surface area contributed by atoms with Gasteiger partial charge in [-0.15, -0.1) is 0 Å². The third-order valence-electron chi connectivity index (χ3n) is 12.9. The van der Waals surface area contributed by atoms with E-state index in [0.717, 1.165) is 0 Å². The molecular weight excluding hydrogens is 722 g/mol. The number of carbonyl (C=O) groups is 4. The molecule has 14 atom stereocenters. The highest BCUT2D eigenvalue weighted by atomic mass is 16.7. The van der Waals surface area contributed by atoms with Gasteiger partial charge in [-0.1, -0.05) is 46.8 Å². The number of nitrogens with zero attached hydrogens (tertiary/aromatic N) is 1. The molecule has 0 spiro atoms. The molecule has 0 aromatic heterocycles. The Hall–Kier alpha value is -2.52. The van der Waals surface area contributed by atoms with Crippen LogP contribution in [0.25, 0.3) is 0 Å². The third kappa shape index (κ3) is 10.7. The van der Waals surface area contributed by atoms with Crippen LogP contribution in [0.1, 0.15) is 112 Å². The molecule has 1 saturated carbocycles. The number of fused-ring (bicyclic) bond motifs is 3. The number of hydrogen-bond donors (Lipinski definition) is 3. The fourth-order valence-corrected chi connectivity index (χ4v) is 9.42. The Kier molecular flexibility index (Phi) is 16.9. The second-order valence-electron chi connectivity index (χ2n) is 17.1. The highest BCUT2D eigenvalue weighted by Gasteiger charge is 2.56. The van der Waals surface area contributed by atoms with E-state index in [2.05, 4.69) is 6.92 Å². The molecule has 2 saturated heterocycles. The highest BCUT2D eigenvalue weighted by Crippen LogP contribution is 2.39. The zero-order valence-electron chi connectivity index (χ0n) is 35.1. The lowest BCUT2D eigenvalue weighted by Crippen LogP contribution is -2.64. The predicted molar refractivity (Wildman–Crippen MR) is 208 cm³/mol. The standard InChI is InChI=1S/C43H69NO12/c1-10-30-18-24(2)17-25(3)19-36(53-8)39-37(54-9)21-27(5)43(51,56-39)40(48)41(49)44-16-12-11-13-31(44)42(50)55-38(28(6)33(46)23-34(30)47)26(4)20-29-14-15-32(45)35(22-29)52-7/h18,20,24-25,27-29,31-33,35-39,45-46,51H,10-17,19,21-23H2,1-9H3/t24?,25-,27+,28+,29-,31-,32+,33-,35+,36+,37-,38+,39?,43+/m0/s1. The van der Waals surface area contributed by atoms with Gasteiger partial charge in [0.15, 0.2) is 5.78 Å². The Morgan fingerprint density at radius 3 is 2.20 bits per heavy atom. The van der Waals surface area contributed by atoms with Crippen LogP contribution in [0.4, 0.5) is 0 Å². The molecule has 3 aliphatic heterocycles. The Morgan fingerprint density at radius 1 is 0.893 bits per heavy atom. The number of carbonyl (C=O) groups excluding carboxylic acids is 4. The molecule has 318 valence electrons. The second kappa shape index (κ2) is 20.4. The fraction of sp³-hybridized carbons (Fsp3) is 0.814. The lowest BCUT2D eigenvalue weighted by molar-refractivity contribution is -0.302. The maximum absolute atomic E-state index is 14.3. The van der Waals surface area contributed by atoms with E-state index in [0.29, 0.717) is 62.5 Å². The van der Waals surface area contributed by atoms with Gasteiger partial charge in [0.2, 0.25) is 5.79 Å². The summed E-state index contributed by atoms with van der Waals surface area (Å²) in [7, 11) is 4.63. The largest absolute Gasteiger partial charge is 0.456 e. The predicted octanol–water partition coefficient (Wildman–Crippen LogP) is 4.47. The SMILES string of the molecule is CCC1=CC(C)C[C@H](C)C[C@@H](OC)C2O[C@@](O)(C(=O)C(=O)N3CCCC[C@H]3C(=O)O[C@H](C(C)=C[C@@H]3CC[C@@H](O)[C@H](OC)C3)[C@H](C)[C@@H](O)CC1=O)[C@H](C)C[C@@H]2OC. The number of amides is 1. The Balaban J connectivity index is 1.76. The van der Waals surface area contributed by atoms with E-state index in [1.807, 2.05) is 32.9 Å². The molecule has 0 radical (unpaired) electrons. The van der Waals surface area contributed by atoms with Gasteiger partial charge < -0.3 is 43.9 Å². The van der Waals surface area contributed by atoms with E-state index in [1.54, 1.807) is 21.0 Å². The van der Waals surface area contributed by atoms with Gasteiger partial charge in [-0.3, -0.25) is 14.4 Å². The number of esters is 1. The van der Waals surface area contributed by atoms with Gasteiger partial charge in [-0.25, -0.2) is 4.79 Å². The number of piperidine rings is 1. The first-order chi connectivity index (χ1) is 26.5. The van der Waals surface area contributed by atoms with Crippen molar-refractivity contribution >= 4 is 23.4 Å². The zero-order chi connectivity index (χ0) is 41.5. The van der Waals surface area contributed by atoms with Crippen LogP contribution < -0.4 is 0 Å². The third-order valence-corrected chi connectivity index (χ3v) is 12.9. The summed E-state index contributed by atoms with van der Waals surface area (Å²) in [5.74, 6) is -7.11. The number of hydrogen-bond acceptors (Lipinski definition) is 12. The smallest absolute Gasteiger partial charge is 0.329 e. The van der Waals surface area contributed by atoms with Gasteiger partial charge in [0, 0.05) is 46.1 Å². The molecule has 4 rings (SSSR count). The molecule has 1 aliphatic carbocycles. The van der Waals surface area contributed by atoms with Crippen molar-refractivity contribution in [1.29, 1.82) is 0 Å². The van der Waals surface area contributed by atoms with Crippen LogP contribution in [-0.2, 0) is 42.9 Å². The first kappa shape index (κ1) is 46.2. The molecule has 13 heteroatoms. The maximum atomic E-state index is 14.3. The molecule has 3 N–H and O–H groups in total. The highest BCUT2D eigenvalue weighted by molar-refractivity contribution is 6.39. The van der Waals surface area contributed by atoms with Crippen molar-refractivity contribution in [3.8, 4) is 0 Å². The number of Topliss-reactive ketones (excluding diaryl/α,β-unsaturated/α-hetero) is 2. The maximum Gasteiger partial charge on any atom is 0.329 e. The topological polar surface area (TPSA) is 178 Å². The summed E-state index contributed by atoms with van der Waals surface area (Å²) in [5, 5.41) is 34.1. The minimum atomic E-state index is -2.50. The summed E-state index contributed by atoms with van der Waals surface area (Å²) in [6.45, 7) is 11.3. The molecule has 56 heavy (non-hydrogen) atoms. The van der Waals surface area contributed by atoms with Crippen LogP contribution in [0.2, 0.25) is 0 Å². The van der Waals surface area contributed by atoms with Crippen LogP contribution in [-0.4, -0.2) is 126 Å². The first-order valence-corrected chi connectivity index (χ1v) is 20.8. The minimum absolute atomic E-state index is 0.000447. The number of ether oxygens (including phenoxy) is 5. The van der Waals surface area contributed by atoms with Gasteiger partial charge in [0.05, 0.1) is 30.5 Å². The monoisotopic (exact) mass is 791 g/mol. The Morgan fingerprint density at radius 2 is 1.55 bits per heavy atom. The van der Waals surface area contributed by atoms with Crippen molar-refractivity contribution < 1.29 is 58.2 Å². The first-order valence-electron chi connectivity index (χ1n) is 20.8. The molecule has 0 aromatic carbocycles. The van der Waals surface area contributed by atoms with Gasteiger partial charge in [-0.2, -0.15) is 0 Å². The average molecular weight is 792 g/mol. The van der Waals surface area contributed by atoms with Crippen LogP contribution >= 0.6 is 0 Å². The number of methoxy groups -OCH3 is 3. The van der Waals surface area contributed by atoms with Gasteiger partial charge >= 0.3 is 5.97 Å². The number of allylic oxidation sites excluding steroid dienone is 3. The van der Waals surface area contributed by atoms with E-state index >= 15 is 0 Å². The fourth-order valence-electron chi connectivity index (χ4n) is 9.42. The van der Waals surface area contributed by atoms with Crippen molar-refractivity contribution in [2.24, 2.45) is 29.6 Å². The number of aliphatic hydroxyl groups is 3. The van der Waals surface area contributed by atoms with Crippen molar-refractivity contribution in [1.82, 2.24) is 4.90 Å². The molecule has 13 nitrogen and oxygen atoms in total. The summed E-state index contributed by atoms with van der Waals surface area (Å²) < 4.78 is 29.7. The van der Waals surface area contributed by atoms with Gasteiger partial charge in [0.1, 0.15) is 18.2 Å². The molecule has 2 bridgehead atoms. The van der Waals surface area contributed by atoms with E-state index in [-0.39, 0.29) is 55.4 Å². The zero-order valence-corrected chi connectivity index (χ0v) is 35.1. The molecule has 3 heterocycles. The molecule has 1 amide bonds. The lowest BCUT2D eigenvalue weighted by atomic mass is 9.81. The Labute approximate surface area is 333 Å². The number of ketones is 2. The molecule has 2 unspecified atom stereocenters. The van der Waals surface area contributed by atoms with Crippen LogP contribution in [0, 0.1) is 29.6 Å². The summed E-state index contributed by atoms with van der Waals surface area (Å²) in [5.41, 5.74) is 1.28. The van der Waals surface area contributed by atoms with Gasteiger partial charge in [0.25, 0.3) is 11.7 Å². The number of rotatable bonds is 6. The lowest BCUT2D eigenvalue weighted by Gasteiger charge is -2.47. The average Bonchev–Trinajstić information content (AvgIpc) is 3.18. The quantitative estimate of drug-likeness (QED) is 0.196. The van der Waals surface area contributed by atoms with Crippen molar-refractivity contribution in [2.75, 3.05) is 27.9 Å². The van der Waals surface area contributed by atoms with Crippen LogP contribution in [0.15, 0.2) is 23.3 Å². The second-order valence-corrected chi connectivity index (χ2v) is 17.1. The molecule has 4 aliphatic rings. The molecule has 0 aromatic rings. The summed E-state index contributed by atoms with van der Waals surface area (Å²) >= 11 is 0. The molecular formula is C43H69NO12. The summed E-state index contributed by atoms with van der Waals surface area (Å²) in [4.78, 5) is 57.6.